The van der Waals surface area contributed by atoms with Gasteiger partial charge in [0.25, 0.3) is 0 Å². The van der Waals surface area contributed by atoms with Gasteiger partial charge in [-0.2, -0.15) is 0 Å². The van der Waals surface area contributed by atoms with Gasteiger partial charge >= 0.3 is 0 Å². The molecule has 0 amide bonds. The van der Waals surface area contributed by atoms with Crippen molar-refractivity contribution < 1.29 is 0 Å². The van der Waals surface area contributed by atoms with Crippen molar-refractivity contribution in [3.8, 4) is 11.8 Å². The molecule has 0 aromatic heterocycles. The molecule has 0 saturated heterocycles. The first-order valence-corrected chi connectivity index (χ1v) is 4.03. The predicted octanol–water partition coefficient (Wildman–Crippen LogP) is 1.77. The van der Waals surface area contributed by atoms with Gasteiger partial charge in [0, 0.05) is 18.9 Å². The molecular formula is C9H17N. The van der Waals surface area contributed by atoms with Crippen molar-refractivity contribution in [2.75, 3.05) is 6.54 Å². The smallest absolute Gasteiger partial charge is 0.0212 e. The van der Waals surface area contributed by atoms with Crippen LogP contribution >= 0.6 is 0 Å². The normalized spacial score (nSPS) is 9.20. The van der Waals surface area contributed by atoms with E-state index in [9.17, 15) is 0 Å². The maximum Gasteiger partial charge on any atom is 0.0212 e. The molecule has 1 nitrogen and oxygen atoms in total. The Labute approximate surface area is 64.0 Å². The highest BCUT2D eigenvalue weighted by Crippen LogP contribution is 2.04. The van der Waals surface area contributed by atoms with Gasteiger partial charge in [-0.05, 0) is 12.8 Å². The summed E-state index contributed by atoms with van der Waals surface area (Å²) >= 11 is 0. The molecule has 1 heteroatoms. The van der Waals surface area contributed by atoms with Crippen LogP contribution in [0, 0.1) is 17.8 Å². The lowest BCUT2D eigenvalue weighted by Crippen LogP contribution is -1.97. The molecule has 0 aliphatic heterocycles. The fraction of sp³-hybridized carbons (Fsp3) is 0.778. The van der Waals surface area contributed by atoms with Crippen molar-refractivity contribution in [2.45, 2.75) is 33.1 Å². The van der Waals surface area contributed by atoms with Gasteiger partial charge in [-0.25, -0.2) is 0 Å². The van der Waals surface area contributed by atoms with Crippen LogP contribution in [0.2, 0.25) is 0 Å². The minimum absolute atomic E-state index is 0.589. The molecule has 0 bridgehead atoms. The summed E-state index contributed by atoms with van der Waals surface area (Å²) in [4.78, 5) is 0. The lowest BCUT2D eigenvalue weighted by molar-refractivity contribution is 0.627. The third kappa shape index (κ3) is 4.40. The molecule has 2 N–H and O–H groups in total. The summed E-state index contributed by atoms with van der Waals surface area (Å²) in [6.07, 6.45) is 3.17. The largest absolute Gasteiger partial charge is 0.330 e. The van der Waals surface area contributed by atoms with Crippen LogP contribution in [0.15, 0.2) is 0 Å². The maximum absolute atomic E-state index is 5.30. The van der Waals surface area contributed by atoms with Gasteiger partial charge in [0.05, 0.1) is 0 Å². The van der Waals surface area contributed by atoms with E-state index in [4.69, 9.17) is 5.73 Å². The van der Waals surface area contributed by atoms with E-state index in [1.807, 2.05) is 0 Å². The summed E-state index contributed by atoms with van der Waals surface area (Å²) in [5.41, 5.74) is 5.30. The SMILES string of the molecule is CCC(C#CCCN)CC. The lowest BCUT2D eigenvalue weighted by atomic mass is 10.0. The van der Waals surface area contributed by atoms with E-state index in [1.165, 1.54) is 0 Å². The third-order valence-electron chi connectivity index (χ3n) is 1.56. The zero-order valence-corrected chi connectivity index (χ0v) is 6.98. The highest BCUT2D eigenvalue weighted by Gasteiger charge is 1.94. The van der Waals surface area contributed by atoms with Gasteiger partial charge in [0.15, 0.2) is 0 Å². The van der Waals surface area contributed by atoms with Crippen LogP contribution in [0.4, 0.5) is 0 Å². The number of hydrogen-bond acceptors (Lipinski definition) is 1. The Morgan fingerprint density at radius 1 is 1.30 bits per heavy atom. The number of rotatable bonds is 3. The topological polar surface area (TPSA) is 26.0 Å². The molecule has 0 spiro atoms. The van der Waals surface area contributed by atoms with Gasteiger partial charge in [-0.3, -0.25) is 0 Å². The second-order valence-corrected chi connectivity index (χ2v) is 2.37. The van der Waals surface area contributed by atoms with E-state index >= 15 is 0 Å². The highest BCUT2D eigenvalue weighted by molar-refractivity contribution is 5.03. The first-order valence-electron chi connectivity index (χ1n) is 4.03. The van der Waals surface area contributed by atoms with Crippen molar-refractivity contribution >= 4 is 0 Å². The summed E-state index contributed by atoms with van der Waals surface area (Å²) in [6, 6.07) is 0. The molecule has 0 saturated carbocycles. The van der Waals surface area contributed by atoms with Crippen LogP contribution in [0.1, 0.15) is 33.1 Å². The average Bonchev–Trinajstić information content (AvgIpc) is 1.99. The van der Waals surface area contributed by atoms with Crippen LogP contribution in [0.3, 0.4) is 0 Å². The van der Waals surface area contributed by atoms with Crippen LogP contribution in [0.25, 0.3) is 0 Å². The Morgan fingerprint density at radius 2 is 1.90 bits per heavy atom. The predicted molar refractivity (Wildman–Crippen MR) is 45.5 cm³/mol. The lowest BCUT2D eigenvalue weighted by Gasteiger charge is -2.00. The summed E-state index contributed by atoms with van der Waals surface area (Å²) < 4.78 is 0. The van der Waals surface area contributed by atoms with E-state index in [0.717, 1.165) is 19.3 Å². The van der Waals surface area contributed by atoms with Gasteiger partial charge in [-0.15, -0.1) is 5.92 Å². The monoisotopic (exact) mass is 139 g/mol. The van der Waals surface area contributed by atoms with E-state index in [-0.39, 0.29) is 0 Å². The van der Waals surface area contributed by atoms with Crippen molar-refractivity contribution in [2.24, 2.45) is 11.7 Å². The standard InChI is InChI=1S/C9H17N/c1-3-9(4-2)7-5-6-8-10/h9H,3-4,6,8,10H2,1-2H3. The van der Waals surface area contributed by atoms with Crippen molar-refractivity contribution in [3.63, 3.8) is 0 Å². The second-order valence-electron chi connectivity index (χ2n) is 2.37. The molecule has 0 aromatic rings. The average molecular weight is 139 g/mol. The Morgan fingerprint density at radius 3 is 2.30 bits per heavy atom. The number of nitrogens with two attached hydrogens (primary N) is 1. The molecule has 0 fully saturated rings. The van der Waals surface area contributed by atoms with Crippen LogP contribution in [-0.4, -0.2) is 6.54 Å². The van der Waals surface area contributed by atoms with E-state index in [0.29, 0.717) is 12.5 Å². The zero-order valence-electron chi connectivity index (χ0n) is 6.98. The molecule has 10 heavy (non-hydrogen) atoms. The molecule has 58 valence electrons. The Bertz CT molecular complexity index is 114. The Hall–Kier alpha value is -0.480. The minimum Gasteiger partial charge on any atom is -0.330 e. The van der Waals surface area contributed by atoms with Crippen molar-refractivity contribution in [1.29, 1.82) is 0 Å². The second kappa shape index (κ2) is 6.64. The summed E-state index contributed by atoms with van der Waals surface area (Å²) in [6.45, 7) is 5.03. The quantitative estimate of drug-likeness (QED) is 0.592. The maximum atomic E-state index is 5.30. The van der Waals surface area contributed by atoms with Crippen molar-refractivity contribution in [1.82, 2.24) is 0 Å². The summed E-state index contributed by atoms with van der Waals surface area (Å²) in [5.74, 6) is 6.84. The summed E-state index contributed by atoms with van der Waals surface area (Å²) in [5, 5.41) is 0. The van der Waals surface area contributed by atoms with E-state index < -0.39 is 0 Å². The molecule has 0 rings (SSSR count). The highest BCUT2D eigenvalue weighted by atomic mass is 14.5. The van der Waals surface area contributed by atoms with Crippen LogP contribution in [0.5, 0.6) is 0 Å². The van der Waals surface area contributed by atoms with Gasteiger partial charge in [0.2, 0.25) is 0 Å². The van der Waals surface area contributed by atoms with Gasteiger partial charge in [-0.1, -0.05) is 19.8 Å². The van der Waals surface area contributed by atoms with E-state index in [2.05, 4.69) is 25.7 Å². The molecule has 0 aliphatic rings. The van der Waals surface area contributed by atoms with E-state index in [1.54, 1.807) is 0 Å². The first-order chi connectivity index (χ1) is 4.85. The fourth-order valence-electron chi connectivity index (χ4n) is 0.781. The number of hydrogen-bond donors (Lipinski definition) is 1. The molecular weight excluding hydrogens is 122 g/mol. The summed E-state index contributed by atoms with van der Waals surface area (Å²) in [7, 11) is 0. The molecule has 0 heterocycles. The molecule has 0 atom stereocenters. The molecule has 0 unspecified atom stereocenters. The zero-order chi connectivity index (χ0) is 7.82. The van der Waals surface area contributed by atoms with Crippen molar-refractivity contribution in [3.05, 3.63) is 0 Å². The first kappa shape index (κ1) is 9.52. The fourth-order valence-corrected chi connectivity index (χ4v) is 0.781. The van der Waals surface area contributed by atoms with Crippen LogP contribution in [-0.2, 0) is 0 Å². The molecule has 0 aromatic carbocycles. The van der Waals surface area contributed by atoms with Gasteiger partial charge in [0.1, 0.15) is 0 Å². The third-order valence-corrected chi connectivity index (χ3v) is 1.56. The molecule has 0 radical (unpaired) electrons. The Kier molecular flexibility index (Phi) is 6.32. The minimum atomic E-state index is 0.589. The van der Waals surface area contributed by atoms with Crippen LogP contribution < -0.4 is 5.73 Å². The van der Waals surface area contributed by atoms with Gasteiger partial charge < -0.3 is 5.73 Å². The Balaban J connectivity index is 3.52. The molecule has 0 aliphatic carbocycles.